The highest BCUT2D eigenvalue weighted by Crippen LogP contribution is 2.38. The van der Waals surface area contributed by atoms with Gasteiger partial charge >= 0.3 is 0 Å². The molecule has 0 amide bonds. The molecule has 0 atom stereocenters. The maximum Gasteiger partial charge on any atom is 0.123 e. The second-order valence-corrected chi connectivity index (χ2v) is 6.24. The Hall–Kier alpha value is -2.46. The van der Waals surface area contributed by atoms with Gasteiger partial charge in [-0.05, 0) is 42.8 Å². The summed E-state index contributed by atoms with van der Waals surface area (Å²) in [5.74, 6) is -0.231. The highest BCUT2D eigenvalue weighted by Gasteiger charge is 2.16. The minimum absolute atomic E-state index is 0.231. The lowest BCUT2D eigenvalue weighted by Gasteiger charge is -2.03. The summed E-state index contributed by atoms with van der Waals surface area (Å²) in [5, 5.41) is 4.23. The first-order valence-electron chi connectivity index (χ1n) is 7.01. The van der Waals surface area contributed by atoms with Gasteiger partial charge in [-0.3, -0.25) is 0 Å². The van der Waals surface area contributed by atoms with E-state index >= 15 is 0 Å². The molecular weight excluding hydrogens is 295 g/mol. The van der Waals surface area contributed by atoms with E-state index in [-0.39, 0.29) is 5.82 Å². The van der Waals surface area contributed by atoms with Gasteiger partial charge in [-0.1, -0.05) is 18.2 Å². The molecule has 108 valence electrons. The summed E-state index contributed by atoms with van der Waals surface area (Å²) in [4.78, 5) is 8.08. The number of aromatic amines is 1. The van der Waals surface area contributed by atoms with Gasteiger partial charge in [0, 0.05) is 21.8 Å². The van der Waals surface area contributed by atoms with Crippen LogP contribution in [0, 0.1) is 12.7 Å². The molecule has 0 aliphatic carbocycles. The first kappa shape index (κ1) is 13.2. The number of fused-ring (bicyclic) bond motifs is 1. The molecule has 2 heterocycles. The molecule has 4 rings (SSSR count). The maximum absolute atomic E-state index is 13.2. The van der Waals surface area contributed by atoms with Crippen molar-refractivity contribution in [2.45, 2.75) is 6.92 Å². The number of rotatable bonds is 2. The molecule has 2 aromatic heterocycles. The number of halogens is 1. The molecule has 0 spiro atoms. The Balaban J connectivity index is 2.03. The predicted molar refractivity (Wildman–Crippen MR) is 89.5 cm³/mol. The number of H-pyrrole nitrogens is 1. The third-order valence-corrected chi connectivity index (χ3v) is 4.49. The molecule has 2 nitrogen and oxygen atoms in total. The van der Waals surface area contributed by atoms with Crippen LogP contribution in [0.1, 0.15) is 5.01 Å². The smallest absolute Gasteiger partial charge is 0.123 e. The fourth-order valence-corrected chi connectivity index (χ4v) is 3.32. The van der Waals surface area contributed by atoms with E-state index in [2.05, 4.69) is 21.4 Å². The van der Waals surface area contributed by atoms with E-state index < -0.39 is 0 Å². The van der Waals surface area contributed by atoms with Crippen molar-refractivity contribution in [3.05, 3.63) is 64.7 Å². The fraction of sp³-hybridized carbons (Fsp3) is 0.0556. The normalized spacial score (nSPS) is 11.2. The maximum atomic E-state index is 13.2. The zero-order valence-electron chi connectivity index (χ0n) is 11.9. The number of aryl methyl sites for hydroxylation is 1. The molecule has 22 heavy (non-hydrogen) atoms. The van der Waals surface area contributed by atoms with Crippen LogP contribution in [0.25, 0.3) is 33.4 Å². The first-order valence-corrected chi connectivity index (χ1v) is 7.89. The third kappa shape index (κ3) is 2.12. The van der Waals surface area contributed by atoms with Crippen LogP contribution in [0.5, 0.6) is 0 Å². The highest BCUT2D eigenvalue weighted by molar-refractivity contribution is 7.09. The zero-order valence-corrected chi connectivity index (χ0v) is 12.7. The van der Waals surface area contributed by atoms with E-state index in [9.17, 15) is 4.39 Å². The fourth-order valence-electron chi connectivity index (χ4n) is 2.72. The van der Waals surface area contributed by atoms with Gasteiger partial charge in [0.25, 0.3) is 0 Å². The molecule has 0 fully saturated rings. The van der Waals surface area contributed by atoms with E-state index in [1.165, 1.54) is 12.1 Å². The Bertz CT molecular complexity index is 951. The molecule has 4 aromatic rings. The van der Waals surface area contributed by atoms with Crippen molar-refractivity contribution >= 4 is 22.2 Å². The number of nitrogens with zero attached hydrogens (tertiary/aromatic N) is 1. The van der Waals surface area contributed by atoms with Gasteiger partial charge in [0.2, 0.25) is 0 Å². The zero-order chi connectivity index (χ0) is 15.1. The van der Waals surface area contributed by atoms with Crippen molar-refractivity contribution < 1.29 is 4.39 Å². The van der Waals surface area contributed by atoms with Gasteiger partial charge in [0.15, 0.2) is 0 Å². The van der Waals surface area contributed by atoms with E-state index in [1.54, 1.807) is 23.5 Å². The van der Waals surface area contributed by atoms with Gasteiger partial charge in [-0.15, -0.1) is 11.3 Å². The second kappa shape index (κ2) is 5.07. The quantitative estimate of drug-likeness (QED) is 0.527. The predicted octanol–water partition coefficient (Wildman–Crippen LogP) is 5.41. The lowest BCUT2D eigenvalue weighted by molar-refractivity contribution is 0.628. The Morgan fingerprint density at radius 2 is 1.82 bits per heavy atom. The van der Waals surface area contributed by atoms with Crippen molar-refractivity contribution in [1.29, 1.82) is 0 Å². The summed E-state index contributed by atoms with van der Waals surface area (Å²) >= 11 is 1.63. The Morgan fingerprint density at radius 3 is 2.55 bits per heavy atom. The average molecular weight is 308 g/mol. The minimum Gasteiger partial charge on any atom is -0.354 e. The third-order valence-electron chi connectivity index (χ3n) is 3.71. The van der Waals surface area contributed by atoms with Crippen LogP contribution in [0.2, 0.25) is 0 Å². The van der Waals surface area contributed by atoms with Crippen LogP contribution in [-0.2, 0) is 0 Å². The van der Waals surface area contributed by atoms with Crippen molar-refractivity contribution in [3.8, 4) is 22.5 Å². The number of para-hydroxylation sites is 1. The van der Waals surface area contributed by atoms with Gasteiger partial charge in [0.1, 0.15) is 5.82 Å². The number of aromatic nitrogens is 2. The summed E-state index contributed by atoms with van der Waals surface area (Å²) < 4.78 is 13.2. The summed E-state index contributed by atoms with van der Waals surface area (Å²) in [6.45, 7) is 2.00. The number of hydrogen-bond acceptors (Lipinski definition) is 2. The molecular formula is C18H13FN2S. The van der Waals surface area contributed by atoms with Crippen LogP contribution >= 0.6 is 11.3 Å². The first-order chi connectivity index (χ1) is 10.7. The van der Waals surface area contributed by atoms with Crippen molar-refractivity contribution in [2.75, 3.05) is 0 Å². The minimum atomic E-state index is -0.231. The Labute approximate surface area is 131 Å². The van der Waals surface area contributed by atoms with Gasteiger partial charge < -0.3 is 4.98 Å². The van der Waals surface area contributed by atoms with Crippen LogP contribution in [0.4, 0.5) is 4.39 Å². The monoisotopic (exact) mass is 308 g/mol. The molecule has 2 aromatic carbocycles. The number of thiazole rings is 1. The van der Waals surface area contributed by atoms with Crippen molar-refractivity contribution in [3.63, 3.8) is 0 Å². The molecule has 0 bridgehead atoms. The number of benzene rings is 2. The van der Waals surface area contributed by atoms with E-state index in [0.717, 1.165) is 38.4 Å². The van der Waals surface area contributed by atoms with E-state index in [0.29, 0.717) is 0 Å². The molecule has 0 radical (unpaired) electrons. The van der Waals surface area contributed by atoms with Gasteiger partial charge in [-0.25, -0.2) is 9.37 Å². The van der Waals surface area contributed by atoms with Crippen LogP contribution < -0.4 is 0 Å². The molecule has 4 heteroatoms. The molecule has 0 saturated carbocycles. The Morgan fingerprint density at radius 1 is 1.05 bits per heavy atom. The topological polar surface area (TPSA) is 28.7 Å². The molecule has 0 aliphatic heterocycles. The summed E-state index contributed by atoms with van der Waals surface area (Å²) in [7, 11) is 0. The standard InChI is InChI=1S/C18H13FN2S/c1-11-20-16(10-22-11)17-14-4-2-3-5-15(14)21-18(17)12-6-8-13(19)9-7-12/h2-10,21H,1H3. The Kier molecular flexibility index (Phi) is 3.05. The summed E-state index contributed by atoms with van der Waals surface area (Å²) in [6.07, 6.45) is 0. The molecule has 0 saturated heterocycles. The lowest BCUT2D eigenvalue weighted by atomic mass is 10.0. The summed E-state index contributed by atoms with van der Waals surface area (Å²) in [6, 6.07) is 14.7. The van der Waals surface area contributed by atoms with Crippen molar-refractivity contribution in [1.82, 2.24) is 9.97 Å². The molecule has 0 aliphatic rings. The number of hydrogen-bond donors (Lipinski definition) is 1. The highest BCUT2D eigenvalue weighted by atomic mass is 32.1. The van der Waals surface area contributed by atoms with Crippen LogP contribution in [0.3, 0.4) is 0 Å². The second-order valence-electron chi connectivity index (χ2n) is 5.18. The SMILES string of the molecule is Cc1nc(-c2c(-c3ccc(F)cc3)[nH]c3ccccc23)cs1. The van der Waals surface area contributed by atoms with Crippen LogP contribution in [0.15, 0.2) is 53.9 Å². The molecule has 1 N–H and O–H groups in total. The number of nitrogens with one attached hydrogen (secondary N) is 1. The van der Waals surface area contributed by atoms with Gasteiger partial charge in [0.05, 0.1) is 16.4 Å². The van der Waals surface area contributed by atoms with Crippen molar-refractivity contribution in [2.24, 2.45) is 0 Å². The lowest BCUT2D eigenvalue weighted by Crippen LogP contribution is -1.84. The summed E-state index contributed by atoms with van der Waals surface area (Å²) in [5.41, 5.74) is 5.03. The van der Waals surface area contributed by atoms with E-state index in [1.807, 2.05) is 25.1 Å². The van der Waals surface area contributed by atoms with Gasteiger partial charge in [-0.2, -0.15) is 0 Å². The largest absolute Gasteiger partial charge is 0.354 e. The molecule has 0 unspecified atom stereocenters. The van der Waals surface area contributed by atoms with Crippen LogP contribution in [-0.4, -0.2) is 9.97 Å². The van der Waals surface area contributed by atoms with E-state index in [4.69, 9.17) is 0 Å². The average Bonchev–Trinajstić information content (AvgIpc) is 3.11.